The van der Waals surface area contributed by atoms with Gasteiger partial charge in [0.2, 0.25) is 5.89 Å². The molecule has 0 bridgehead atoms. The van der Waals surface area contributed by atoms with E-state index in [2.05, 4.69) is 10.2 Å². The van der Waals surface area contributed by atoms with Gasteiger partial charge in [0.1, 0.15) is 0 Å². The van der Waals surface area contributed by atoms with Gasteiger partial charge in [-0.3, -0.25) is 0 Å². The number of esters is 1. The number of hydrogen-bond acceptors (Lipinski definition) is 7. The Kier molecular flexibility index (Phi) is 5.78. The number of benzene rings is 1. The van der Waals surface area contributed by atoms with Crippen molar-refractivity contribution >= 4 is 5.97 Å². The Morgan fingerprint density at radius 1 is 1.28 bits per heavy atom. The normalized spacial score (nSPS) is 19.5. The SMILES string of the molecule is CC(OCC1CCCO1)C(=O)OC(C)c1nnc(-c2ccccc2)o1. The van der Waals surface area contributed by atoms with Crippen LogP contribution in [0.5, 0.6) is 0 Å². The van der Waals surface area contributed by atoms with Crippen LogP contribution in [0.2, 0.25) is 0 Å². The highest BCUT2D eigenvalue weighted by Gasteiger charge is 2.24. The molecule has 7 heteroatoms. The summed E-state index contributed by atoms with van der Waals surface area (Å²) in [5.74, 6) is 0.171. The molecule has 0 aliphatic carbocycles. The van der Waals surface area contributed by atoms with Gasteiger partial charge in [0, 0.05) is 12.2 Å². The Morgan fingerprint density at radius 2 is 2.08 bits per heavy atom. The van der Waals surface area contributed by atoms with Crippen molar-refractivity contribution in [2.24, 2.45) is 0 Å². The molecule has 1 fully saturated rings. The number of nitrogens with zero attached hydrogens (tertiary/aromatic N) is 2. The highest BCUT2D eigenvalue weighted by atomic mass is 16.6. The van der Waals surface area contributed by atoms with Crippen LogP contribution in [-0.4, -0.2) is 41.6 Å². The smallest absolute Gasteiger partial charge is 0.335 e. The second-order valence-corrected chi connectivity index (χ2v) is 6.00. The molecule has 2 heterocycles. The zero-order chi connectivity index (χ0) is 17.6. The molecule has 1 aromatic heterocycles. The van der Waals surface area contributed by atoms with Crippen LogP contribution in [-0.2, 0) is 19.0 Å². The van der Waals surface area contributed by atoms with E-state index in [-0.39, 0.29) is 12.0 Å². The molecule has 1 aliphatic rings. The van der Waals surface area contributed by atoms with Crippen molar-refractivity contribution < 1.29 is 23.4 Å². The Labute approximate surface area is 146 Å². The average molecular weight is 346 g/mol. The summed E-state index contributed by atoms with van der Waals surface area (Å²) in [6, 6.07) is 9.42. The van der Waals surface area contributed by atoms with Gasteiger partial charge in [0.15, 0.2) is 12.2 Å². The zero-order valence-electron chi connectivity index (χ0n) is 14.4. The fraction of sp³-hybridized carbons (Fsp3) is 0.500. The van der Waals surface area contributed by atoms with Gasteiger partial charge < -0.3 is 18.6 Å². The molecule has 3 rings (SSSR count). The summed E-state index contributed by atoms with van der Waals surface area (Å²) in [6.07, 6.45) is 0.735. The highest BCUT2D eigenvalue weighted by molar-refractivity contribution is 5.74. The number of carbonyl (C=O) groups excluding carboxylic acids is 1. The quantitative estimate of drug-likeness (QED) is 0.713. The third-order valence-electron chi connectivity index (χ3n) is 3.99. The van der Waals surface area contributed by atoms with Crippen LogP contribution in [0.25, 0.3) is 11.5 Å². The lowest BCUT2D eigenvalue weighted by Crippen LogP contribution is -2.28. The van der Waals surface area contributed by atoms with Crippen LogP contribution >= 0.6 is 0 Å². The Bertz CT molecular complexity index is 682. The molecule has 134 valence electrons. The summed E-state index contributed by atoms with van der Waals surface area (Å²) < 4.78 is 22.0. The third-order valence-corrected chi connectivity index (χ3v) is 3.99. The molecular weight excluding hydrogens is 324 g/mol. The molecule has 3 unspecified atom stereocenters. The molecule has 2 aromatic rings. The zero-order valence-corrected chi connectivity index (χ0v) is 14.4. The van der Waals surface area contributed by atoms with Crippen LogP contribution in [0, 0.1) is 0 Å². The first kappa shape index (κ1) is 17.6. The molecule has 7 nitrogen and oxygen atoms in total. The molecule has 0 amide bonds. The van der Waals surface area contributed by atoms with Crippen molar-refractivity contribution in [3.8, 4) is 11.5 Å². The summed E-state index contributed by atoms with van der Waals surface area (Å²) in [5.41, 5.74) is 0.813. The number of rotatable bonds is 7. The largest absolute Gasteiger partial charge is 0.451 e. The van der Waals surface area contributed by atoms with E-state index in [0.717, 1.165) is 25.0 Å². The van der Waals surface area contributed by atoms with Crippen molar-refractivity contribution in [3.63, 3.8) is 0 Å². The highest BCUT2D eigenvalue weighted by Crippen LogP contribution is 2.22. The van der Waals surface area contributed by atoms with Crippen molar-refractivity contribution in [1.29, 1.82) is 0 Å². The minimum atomic E-state index is -0.678. The molecule has 0 N–H and O–H groups in total. The van der Waals surface area contributed by atoms with Crippen molar-refractivity contribution in [3.05, 3.63) is 36.2 Å². The number of aromatic nitrogens is 2. The monoisotopic (exact) mass is 346 g/mol. The average Bonchev–Trinajstić information content (AvgIpc) is 3.32. The van der Waals surface area contributed by atoms with Crippen molar-refractivity contribution in [1.82, 2.24) is 10.2 Å². The first-order valence-corrected chi connectivity index (χ1v) is 8.46. The molecule has 1 aliphatic heterocycles. The number of hydrogen-bond donors (Lipinski definition) is 0. The van der Waals surface area contributed by atoms with Crippen LogP contribution < -0.4 is 0 Å². The van der Waals surface area contributed by atoms with Crippen molar-refractivity contribution in [2.75, 3.05) is 13.2 Å². The summed E-state index contributed by atoms with van der Waals surface area (Å²) in [7, 11) is 0. The number of carbonyl (C=O) groups is 1. The molecule has 3 atom stereocenters. The van der Waals surface area contributed by atoms with E-state index in [9.17, 15) is 4.79 Å². The topological polar surface area (TPSA) is 83.7 Å². The van der Waals surface area contributed by atoms with E-state index >= 15 is 0 Å². The van der Waals surface area contributed by atoms with Crippen LogP contribution in [0.3, 0.4) is 0 Å². The van der Waals surface area contributed by atoms with Gasteiger partial charge in [-0.15, -0.1) is 10.2 Å². The standard InChI is InChI=1S/C18H22N2O5/c1-12(16-19-20-17(25-16)14-7-4-3-5-8-14)24-18(21)13(2)23-11-15-9-6-10-22-15/h3-5,7-8,12-13,15H,6,9-11H2,1-2H3. The van der Waals surface area contributed by atoms with Gasteiger partial charge in [-0.1, -0.05) is 18.2 Å². The maximum atomic E-state index is 12.1. The molecular formula is C18H22N2O5. The van der Waals surface area contributed by atoms with E-state index in [1.165, 1.54) is 0 Å². The fourth-order valence-corrected chi connectivity index (χ4v) is 2.51. The summed E-state index contributed by atoms with van der Waals surface area (Å²) in [6.45, 7) is 4.49. The van der Waals surface area contributed by atoms with Gasteiger partial charge in [-0.2, -0.15) is 0 Å². The lowest BCUT2D eigenvalue weighted by atomic mass is 10.2. The van der Waals surface area contributed by atoms with E-state index in [1.54, 1.807) is 13.8 Å². The fourth-order valence-electron chi connectivity index (χ4n) is 2.51. The van der Waals surface area contributed by atoms with Crippen LogP contribution in [0.1, 0.15) is 38.7 Å². The molecule has 0 radical (unpaired) electrons. The van der Waals surface area contributed by atoms with Crippen LogP contribution in [0.15, 0.2) is 34.7 Å². The Morgan fingerprint density at radius 3 is 2.80 bits per heavy atom. The molecule has 1 aromatic carbocycles. The Hall–Kier alpha value is -2.25. The molecule has 1 saturated heterocycles. The lowest BCUT2D eigenvalue weighted by molar-refractivity contribution is -0.163. The van der Waals surface area contributed by atoms with E-state index in [0.29, 0.717) is 12.5 Å². The molecule has 0 spiro atoms. The summed E-state index contributed by atoms with van der Waals surface area (Å²) in [5, 5.41) is 7.95. The first-order chi connectivity index (χ1) is 12.1. The van der Waals surface area contributed by atoms with Gasteiger partial charge in [0.25, 0.3) is 5.89 Å². The van der Waals surface area contributed by atoms with E-state index in [4.69, 9.17) is 18.6 Å². The summed E-state index contributed by atoms with van der Waals surface area (Å²) in [4.78, 5) is 12.1. The second kappa shape index (κ2) is 8.22. The summed E-state index contributed by atoms with van der Waals surface area (Å²) >= 11 is 0. The predicted octanol–water partition coefficient (Wildman–Crippen LogP) is 2.92. The molecule has 25 heavy (non-hydrogen) atoms. The predicted molar refractivity (Wildman–Crippen MR) is 88.6 cm³/mol. The van der Waals surface area contributed by atoms with Gasteiger partial charge in [-0.25, -0.2) is 4.79 Å². The first-order valence-electron chi connectivity index (χ1n) is 8.46. The minimum absolute atomic E-state index is 0.0667. The van der Waals surface area contributed by atoms with Gasteiger partial charge >= 0.3 is 5.97 Å². The van der Waals surface area contributed by atoms with Gasteiger partial charge in [0.05, 0.1) is 12.7 Å². The second-order valence-electron chi connectivity index (χ2n) is 6.00. The third kappa shape index (κ3) is 4.64. The minimum Gasteiger partial charge on any atom is -0.451 e. The van der Waals surface area contributed by atoms with Gasteiger partial charge in [-0.05, 0) is 38.8 Å². The van der Waals surface area contributed by atoms with Crippen molar-refractivity contribution in [2.45, 2.75) is 45.0 Å². The Balaban J connectivity index is 1.51. The van der Waals surface area contributed by atoms with Crippen LogP contribution in [0.4, 0.5) is 0 Å². The maximum absolute atomic E-state index is 12.1. The lowest BCUT2D eigenvalue weighted by Gasteiger charge is -2.17. The number of ether oxygens (including phenoxy) is 3. The molecule has 0 saturated carbocycles. The van der Waals surface area contributed by atoms with E-state index < -0.39 is 18.2 Å². The maximum Gasteiger partial charge on any atom is 0.335 e. The van der Waals surface area contributed by atoms with E-state index in [1.807, 2.05) is 30.3 Å².